The van der Waals surface area contributed by atoms with Gasteiger partial charge in [0.1, 0.15) is 11.5 Å². The van der Waals surface area contributed by atoms with Crippen LogP contribution in [-0.2, 0) is 0 Å². The van der Waals surface area contributed by atoms with Crippen molar-refractivity contribution in [1.82, 2.24) is 9.88 Å². The van der Waals surface area contributed by atoms with Crippen LogP contribution in [0.1, 0.15) is 30.3 Å². The second-order valence-electron chi connectivity index (χ2n) is 3.74. The first kappa shape index (κ1) is 12.5. The molecule has 1 N–H and O–H groups in total. The first-order chi connectivity index (χ1) is 7.69. The number of nitrogens with one attached hydrogen (secondary N) is 1. The third-order valence-electron chi connectivity index (χ3n) is 2.42. The van der Waals surface area contributed by atoms with Gasteiger partial charge in [-0.05, 0) is 18.6 Å². The molecule has 1 rings (SSSR count). The Hall–Kier alpha value is -1.58. The van der Waals surface area contributed by atoms with E-state index < -0.39 is 0 Å². The van der Waals surface area contributed by atoms with Crippen LogP contribution in [-0.4, -0.2) is 36.4 Å². The van der Waals surface area contributed by atoms with E-state index in [1.54, 1.807) is 18.0 Å². The lowest BCUT2D eigenvalue weighted by molar-refractivity contribution is 0.0787. The summed E-state index contributed by atoms with van der Waals surface area (Å²) >= 11 is 0. The van der Waals surface area contributed by atoms with E-state index in [2.05, 4.69) is 17.2 Å². The van der Waals surface area contributed by atoms with Crippen LogP contribution in [0, 0.1) is 0 Å². The number of carbonyl (C=O) groups is 1. The zero-order valence-electron chi connectivity index (χ0n) is 10.2. The van der Waals surface area contributed by atoms with Crippen molar-refractivity contribution < 1.29 is 4.79 Å². The number of carbonyl (C=O) groups excluding carboxylic acids is 1. The van der Waals surface area contributed by atoms with Gasteiger partial charge in [0.05, 0.1) is 0 Å². The fraction of sp³-hybridized carbons (Fsp3) is 0.500. The Balaban J connectivity index is 2.71. The summed E-state index contributed by atoms with van der Waals surface area (Å²) < 4.78 is 0. The minimum atomic E-state index is -0.0226. The number of nitrogens with zero attached hydrogens (tertiary/aromatic N) is 2. The summed E-state index contributed by atoms with van der Waals surface area (Å²) in [5, 5.41) is 2.92. The molecule has 16 heavy (non-hydrogen) atoms. The van der Waals surface area contributed by atoms with Crippen molar-refractivity contribution in [3.63, 3.8) is 0 Å². The highest BCUT2D eigenvalue weighted by Crippen LogP contribution is 2.06. The molecule has 0 bridgehead atoms. The predicted molar refractivity (Wildman–Crippen MR) is 65.7 cm³/mol. The maximum absolute atomic E-state index is 12.0. The number of rotatable bonds is 5. The van der Waals surface area contributed by atoms with Crippen molar-refractivity contribution in [2.24, 2.45) is 0 Å². The number of pyridine rings is 1. The molecule has 1 aromatic rings. The minimum Gasteiger partial charge on any atom is -0.373 e. The molecule has 1 aromatic heterocycles. The van der Waals surface area contributed by atoms with Crippen molar-refractivity contribution in [3.8, 4) is 0 Å². The number of amides is 1. The van der Waals surface area contributed by atoms with E-state index in [4.69, 9.17) is 0 Å². The van der Waals surface area contributed by atoms with Gasteiger partial charge < -0.3 is 10.2 Å². The predicted octanol–water partition coefficient (Wildman–Crippen LogP) is 2.00. The summed E-state index contributed by atoms with van der Waals surface area (Å²) in [4.78, 5) is 17.9. The topological polar surface area (TPSA) is 45.2 Å². The van der Waals surface area contributed by atoms with Gasteiger partial charge in [-0.15, -0.1) is 0 Å². The third-order valence-corrected chi connectivity index (χ3v) is 2.42. The van der Waals surface area contributed by atoms with Gasteiger partial charge in [0.25, 0.3) is 5.91 Å². The Morgan fingerprint density at radius 2 is 2.25 bits per heavy atom. The molecule has 4 heteroatoms. The molecule has 0 aromatic carbocycles. The summed E-state index contributed by atoms with van der Waals surface area (Å²) in [7, 11) is 3.60. The lowest BCUT2D eigenvalue weighted by Gasteiger charge is -2.16. The third kappa shape index (κ3) is 3.22. The van der Waals surface area contributed by atoms with Crippen LogP contribution >= 0.6 is 0 Å². The molecule has 0 spiro atoms. The highest BCUT2D eigenvalue weighted by atomic mass is 16.2. The Labute approximate surface area is 96.7 Å². The molecule has 1 amide bonds. The molecule has 0 aliphatic heterocycles. The van der Waals surface area contributed by atoms with E-state index >= 15 is 0 Å². The number of aromatic nitrogens is 1. The first-order valence-corrected chi connectivity index (χ1v) is 5.59. The van der Waals surface area contributed by atoms with Crippen LogP contribution < -0.4 is 5.32 Å². The summed E-state index contributed by atoms with van der Waals surface area (Å²) in [6, 6.07) is 5.41. The molecule has 0 saturated carbocycles. The van der Waals surface area contributed by atoms with E-state index in [0.29, 0.717) is 5.69 Å². The monoisotopic (exact) mass is 221 g/mol. The molecule has 0 aliphatic carbocycles. The van der Waals surface area contributed by atoms with Crippen LogP contribution in [0.2, 0.25) is 0 Å². The SMILES string of the molecule is CCCCN(C)C(=O)c1cccc(NC)n1. The van der Waals surface area contributed by atoms with E-state index in [-0.39, 0.29) is 5.91 Å². The van der Waals surface area contributed by atoms with Gasteiger partial charge in [-0.3, -0.25) is 4.79 Å². The maximum atomic E-state index is 12.0. The maximum Gasteiger partial charge on any atom is 0.272 e. The van der Waals surface area contributed by atoms with Crippen molar-refractivity contribution in [2.45, 2.75) is 19.8 Å². The summed E-state index contributed by atoms with van der Waals surface area (Å²) in [6.45, 7) is 2.89. The lowest BCUT2D eigenvalue weighted by atomic mass is 10.3. The van der Waals surface area contributed by atoms with Gasteiger partial charge in [0.2, 0.25) is 0 Å². The summed E-state index contributed by atoms with van der Waals surface area (Å²) in [5.74, 6) is 0.695. The Morgan fingerprint density at radius 3 is 2.88 bits per heavy atom. The highest BCUT2D eigenvalue weighted by molar-refractivity contribution is 5.92. The van der Waals surface area contributed by atoms with Crippen LogP contribution in [0.25, 0.3) is 0 Å². The van der Waals surface area contributed by atoms with Crippen LogP contribution in [0.5, 0.6) is 0 Å². The van der Waals surface area contributed by atoms with Crippen LogP contribution in [0.15, 0.2) is 18.2 Å². The zero-order chi connectivity index (χ0) is 12.0. The second-order valence-corrected chi connectivity index (χ2v) is 3.74. The molecule has 0 unspecified atom stereocenters. The quantitative estimate of drug-likeness (QED) is 0.827. The highest BCUT2D eigenvalue weighted by Gasteiger charge is 2.12. The summed E-state index contributed by atoms with van der Waals surface area (Å²) in [5.41, 5.74) is 0.491. The molecular formula is C12H19N3O. The Morgan fingerprint density at radius 1 is 1.50 bits per heavy atom. The van der Waals surface area contributed by atoms with Gasteiger partial charge in [-0.2, -0.15) is 0 Å². The molecule has 0 saturated heterocycles. The molecule has 1 heterocycles. The summed E-state index contributed by atoms with van der Waals surface area (Å²) in [6.07, 6.45) is 2.11. The van der Waals surface area contributed by atoms with Crippen molar-refractivity contribution in [2.75, 3.05) is 26.0 Å². The lowest BCUT2D eigenvalue weighted by Crippen LogP contribution is -2.28. The molecule has 0 fully saturated rings. The molecule has 4 nitrogen and oxygen atoms in total. The van der Waals surface area contributed by atoms with E-state index in [0.717, 1.165) is 25.2 Å². The van der Waals surface area contributed by atoms with Crippen LogP contribution in [0.3, 0.4) is 0 Å². The standard InChI is InChI=1S/C12H19N3O/c1-4-5-9-15(3)12(16)10-7-6-8-11(13-2)14-10/h6-8H,4-5,9H2,1-3H3,(H,13,14). The zero-order valence-corrected chi connectivity index (χ0v) is 10.2. The van der Waals surface area contributed by atoms with E-state index in [9.17, 15) is 4.79 Å². The van der Waals surface area contributed by atoms with Gasteiger partial charge in [0, 0.05) is 20.6 Å². The normalized spacial score (nSPS) is 9.94. The molecule has 0 aliphatic rings. The number of unbranched alkanes of at least 4 members (excludes halogenated alkanes) is 1. The van der Waals surface area contributed by atoms with Gasteiger partial charge in [0.15, 0.2) is 0 Å². The van der Waals surface area contributed by atoms with Gasteiger partial charge in [-0.1, -0.05) is 19.4 Å². The smallest absolute Gasteiger partial charge is 0.272 e. The second kappa shape index (κ2) is 6.10. The van der Waals surface area contributed by atoms with E-state index in [1.807, 2.05) is 19.2 Å². The average molecular weight is 221 g/mol. The number of hydrogen-bond acceptors (Lipinski definition) is 3. The molecule has 88 valence electrons. The fourth-order valence-corrected chi connectivity index (χ4v) is 1.39. The molecular weight excluding hydrogens is 202 g/mol. The van der Waals surface area contributed by atoms with Crippen molar-refractivity contribution in [1.29, 1.82) is 0 Å². The van der Waals surface area contributed by atoms with Gasteiger partial charge >= 0.3 is 0 Å². The largest absolute Gasteiger partial charge is 0.373 e. The molecule has 0 radical (unpaired) electrons. The van der Waals surface area contributed by atoms with Gasteiger partial charge in [-0.25, -0.2) is 4.98 Å². The van der Waals surface area contributed by atoms with Crippen molar-refractivity contribution in [3.05, 3.63) is 23.9 Å². The van der Waals surface area contributed by atoms with E-state index in [1.165, 1.54) is 0 Å². The Bertz CT molecular complexity index is 352. The van der Waals surface area contributed by atoms with Crippen LogP contribution in [0.4, 0.5) is 5.82 Å². The number of hydrogen-bond donors (Lipinski definition) is 1. The fourth-order valence-electron chi connectivity index (χ4n) is 1.39. The average Bonchev–Trinajstić information content (AvgIpc) is 2.35. The minimum absolute atomic E-state index is 0.0226. The molecule has 0 atom stereocenters. The first-order valence-electron chi connectivity index (χ1n) is 5.59. The van der Waals surface area contributed by atoms with Crippen molar-refractivity contribution >= 4 is 11.7 Å². The Kier molecular flexibility index (Phi) is 4.76. The number of anilines is 1.